The molecular weight excluding hydrogens is 348 g/mol. The summed E-state index contributed by atoms with van der Waals surface area (Å²) >= 11 is 1.23. The number of imidazole rings is 1. The van der Waals surface area contributed by atoms with Crippen molar-refractivity contribution in [1.29, 1.82) is 0 Å². The van der Waals surface area contributed by atoms with Gasteiger partial charge in [0.15, 0.2) is 0 Å². The van der Waals surface area contributed by atoms with E-state index in [2.05, 4.69) is 15.0 Å². The third-order valence-corrected chi connectivity index (χ3v) is 4.73. The fourth-order valence-corrected chi connectivity index (χ4v) is 3.33. The first-order valence-corrected chi connectivity index (χ1v) is 8.23. The molecule has 3 heterocycles. The Balaban J connectivity index is 1.81. The molecule has 0 atom stereocenters. The molecule has 1 amide bonds. The van der Waals surface area contributed by atoms with Crippen LogP contribution in [0.5, 0.6) is 0 Å². The average Bonchev–Trinajstić information content (AvgIpc) is 3.21. The van der Waals surface area contributed by atoms with Gasteiger partial charge in [-0.1, -0.05) is 6.07 Å². The molecule has 130 valence electrons. The van der Waals surface area contributed by atoms with Gasteiger partial charge >= 0.3 is 6.55 Å². The minimum atomic E-state index is -2.69. The van der Waals surface area contributed by atoms with E-state index in [0.717, 1.165) is 4.57 Å². The smallest absolute Gasteiger partial charge is 0.319 e. The van der Waals surface area contributed by atoms with Crippen molar-refractivity contribution < 1.29 is 13.6 Å². The first kappa shape index (κ1) is 17.2. The molecule has 3 aromatic heterocycles. The van der Waals surface area contributed by atoms with Gasteiger partial charge in [-0.2, -0.15) is 8.78 Å². The number of thiazole rings is 1. The molecule has 0 radical (unpaired) electrons. The van der Waals surface area contributed by atoms with Gasteiger partial charge in [0.2, 0.25) is 0 Å². The third kappa shape index (κ3) is 3.55. The van der Waals surface area contributed by atoms with Crippen molar-refractivity contribution >= 4 is 17.2 Å². The minimum Gasteiger partial charge on any atom is -0.333 e. The number of carbonyl (C=O) groups excluding carboxylic acids is 1. The quantitative estimate of drug-likeness (QED) is 0.697. The van der Waals surface area contributed by atoms with Crippen LogP contribution in [0.25, 0.3) is 10.7 Å². The molecule has 0 aliphatic carbocycles. The number of alkyl halides is 2. The molecule has 3 rings (SSSR count). The highest BCUT2D eigenvalue weighted by Crippen LogP contribution is 2.27. The Bertz CT molecular complexity index is 878. The number of aromatic nitrogens is 4. The molecule has 0 bridgehead atoms. The van der Waals surface area contributed by atoms with Gasteiger partial charge in [0.1, 0.15) is 15.7 Å². The van der Waals surface area contributed by atoms with E-state index in [1.807, 2.05) is 12.1 Å². The molecular formula is C16H15F2N5OS. The Morgan fingerprint density at radius 2 is 2.12 bits per heavy atom. The summed E-state index contributed by atoms with van der Waals surface area (Å²) in [6, 6.07) is 5.46. The lowest BCUT2D eigenvalue weighted by Crippen LogP contribution is -2.27. The Morgan fingerprint density at radius 1 is 1.32 bits per heavy atom. The normalized spacial score (nSPS) is 11.1. The molecule has 3 aromatic rings. The lowest BCUT2D eigenvalue weighted by Gasteiger charge is -2.17. The summed E-state index contributed by atoms with van der Waals surface area (Å²) in [5, 5.41) is 0.643. The average molecular weight is 363 g/mol. The van der Waals surface area contributed by atoms with Gasteiger partial charge in [0.25, 0.3) is 5.91 Å². The van der Waals surface area contributed by atoms with Crippen LogP contribution in [0.15, 0.2) is 36.8 Å². The summed E-state index contributed by atoms with van der Waals surface area (Å²) in [5.74, 6) is -0.168. The van der Waals surface area contributed by atoms with Gasteiger partial charge in [-0.3, -0.25) is 14.3 Å². The summed E-state index contributed by atoms with van der Waals surface area (Å²) in [6.45, 7) is -0.974. The highest BCUT2D eigenvalue weighted by molar-refractivity contribution is 7.17. The van der Waals surface area contributed by atoms with E-state index in [-0.39, 0.29) is 18.3 Å². The van der Waals surface area contributed by atoms with E-state index in [4.69, 9.17) is 0 Å². The van der Waals surface area contributed by atoms with Gasteiger partial charge in [-0.15, -0.1) is 11.3 Å². The van der Waals surface area contributed by atoms with Crippen LogP contribution in [0.2, 0.25) is 0 Å². The zero-order valence-corrected chi connectivity index (χ0v) is 14.4. The number of halogens is 2. The first-order valence-electron chi connectivity index (χ1n) is 7.41. The highest BCUT2D eigenvalue weighted by Gasteiger charge is 2.22. The van der Waals surface area contributed by atoms with E-state index in [9.17, 15) is 13.6 Å². The predicted octanol–water partition coefficient (Wildman–Crippen LogP) is 3.38. The lowest BCUT2D eigenvalue weighted by molar-refractivity contribution is 0.0613. The number of pyridine rings is 1. The minimum absolute atomic E-state index is 0.0214. The van der Waals surface area contributed by atoms with Crippen LogP contribution in [0.4, 0.5) is 8.78 Å². The fourth-order valence-electron chi connectivity index (χ4n) is 2.30. The Hall–Kier alpha value is -2.68. The van der Waals surface area contributed by atoms with Gasteiger partial charge in [0.05, 0.1) is 17.9 Å². The number of hydrogen-bond acceptors (Lipinski definition) is 5. The number of rotatable bonds is 5. The summed E-state index contributed by atoms with van der Waals surface area (Å²) in [4.78, 5) is 27.0. The summed E-state index contributed by atoms with van der Waals surface area (Å²) in [6.07, 6.45) is 4.14. The van der Waals surface area contributed by atoms with Crippen molar-refractivity contribution in [2.45, 2.75) is 20.0 Å². The second kappa shape index (κ2) is 7.06. The maximum atomic E-state index is 12.9. The van der Waals surface area contributed by atoms with Gasteiger partial charge < -0.3 is 4.90 Å². The topological polar surface area (TPSA) is 63.9 Å². The molecule has 0 spiro atoms. The van der Waals surface area contributed by atoms with E-state index < -0.39 is 6.55 Å². The number of aryl methyl sites for hydroxylation is 1. The van der Waals surface area contributed by atoms with E-state index in [0.29, 0.717) is 21.3 Å². The summed E-state index contributed by atoms with van der Waals surface area (Å²) in [5.41, 5.74) is 1.27. The van der Waals surface area contributed by atoms with Crippen molar-refractivity contribution in [3.8, 4) is 10.7 Å². The lowest BCUT2D eigenvalue weighted by atomic mass is 10.3. The molecule has 6 nitrogen and oxygen atoms in total. The number of carbonyl (C=O) groups is 1. The van der Waals surface area contributed by atoms with Crippen molar-refractivity contribution in [2.75, 3.05) is 7.05 Å². The van der Waals surface area contributed by atoms with Crippen LogP contribution < -0.4 is 0 Å². The monoisotopic (exact) mass is 363 g/mol. The van der Waals surface area contributed by atoms with E-state index in [1.54, 1.807) is 26.2 Å². The van der Waals surface area contributed by atoms with Crippen LogP contribution in [0.1, 0.15) is 27.7 Å². The summed E-state index contributed by atoms with van der Waals surface area (Å²) in [7, 11) is 1.55. The van der Waals surface area contributed by atoms with Crippen LogP contribution in [0.3, 0.4) is 0 Å². The Labute approximate surface area is 146 Å². The summed E-state index contributed by atoms with van der Waals surface area (Å²) < 4.78 is 26.5. The number of nitrogens with zero attached hydrogens (tertiary/aromatic N) is 5. The molecule has 0 saturated heterocycles. The third-order valence-electron chi connectivity index (χ3n) is 3.56. The van der Waals surface area contributed by atoms with Crippen molar-refractivity contribution in [3.05, 3.63) is 53.2 Å². The number of hydrogen-bond donors (Lipinski definition) is 0. The second-order valence-corrected chi connectivity index (χ2v) is 6.34. The molecule has 0 aromatic carbocycles. The second-order valence-electron chi connectivity index (χ2n) is 5.34. The van der Waals surface area contributed by atoms with Crippen LogP contribution in [0, 0.1) is 6.92 Å². The molecule has 0 N–H and O–H groups in total. The van der Waals surface area contributed by atoms with E-state index >= 15 is 0 Å². The van der Waals surface area contributed by atoms with Crippen LogP contribution in [-0.4, -0.2) is 37.4 Å². The van der Waals surface area contributed by atoms with Crippen molar-refractivity contribution in [1.82, 2.24) is 24.4 Å². The maximum Gasteiger partial charge on any atom is 0.319 e. The van der Waals surface area contributed by atoms with Crippen LogP contribution in [-0.2, 0) is 6.54 Å². The van der Waals surface area contributed by atoms with Gasteiger partial charge in [0, 0.05) is 25.6 Å². The zero-order chi connectivity index (χ0) is 18.0. The van der Waals surface area contributed by atoms with Gasteiger partial charge in [-0.05, 0) is 19.1 Å². The first-order chi connectivity index (χ1) is 12.0. The molecule has 0 fully saturated rings. The van der Waals surface area contributed by atoms with Crippen molar-refractivity contribution in [2.24, 2.45) is 0 Å². The molecule has 0 unspecified atom stereocenters. The maximum absolute atomic E-state index is 12.9. The molecule has 0 aliphatic rings. The Morgan fingerprint density at radius 3 is 2.80 bits per heavy atom. The standard InChI is InChI=1S/C16H15F2N5OS/c1-10-13(25-14(21-10)11-5-3-4-6-19-11)15(24)22(2)9-12-20-7-8-23(12)16(17)18/h3-8,16H,9H2,1-2H3. The molecule has 25 heavy (non-hydrogen) atoms. The largest absolute Gasteiger partial charge is 0.333 e. The molecule has 9 heteroatoms. The highest BCUT2D eigenvalue weighted by atomic mass is 32.1. The Kier molecular flexibility index (Phi) is 4.84. The van der Waals surface area contributed by atoms with E-state index in [1.165, 1.54) is 28.6 Å². The van der Waals surface area contributed by atoms with Gasteiger partial charge in [-0.25, -0.2) is 9.97 Å². The van der Waals surface area contributed by atoms with Crippen LogP contribution >= 0.6 is 11.3 Å². The SMILES string of the molecule is Cc1nc(-c2ccccn2)sc1C(=O)N(C)Cc1nccn1C(F)F. The molecule has 0 aliphatic heterocycles. The number of amides is 1. The molecule has 0 saturated carbocycles. The van der Waals surface area contributed by atoms with Crippen molar-refractivity contribution in [3.63, 3.8) is 0 Å². The fraction of sp³-hybridized carbons (Fsp3) is 0.250. The zero-order valence-electron chi connectivity index (χ0n) is 13.6. The predicted molar refractivity (Wildman–Crippen MR) is 89.4 cm³/mol.